The first kappa shape index (κ1) is 18.0. The number of nitrogens with zero attached hydrogens (tertiary/aromatic N) is 1. The molecular formula is C18H23NO5. The second-order valence-electron chi connectivity index (χ2n) is 5.78. The number of carbonyl (C=O) groups excluding carboxylic acids is 3. The molecule has 1 aliphatic heterocycles. The maximum absolute atomic E-state index is 12.4. The second-order valence-corrected chi connectivity index (χ2v) is 5.78. The van der Waals surface area contributed by atoms with E-state index in [0.29, 0.717) is 13.0 Å². The number of esters is 1. The lowest BCUT2D eigenvalue weighted by Gasteiger charge is -2.28. The molecule has 6 nitrogen and oxygen atoms in total. The molecule has 0 saturated carbocycles. The van der Waals surface area contributed by atoms with Crippen molar-refractivity contribution in [3.8, 4) is 0 Å². The normalized spacial score (nSPS) is 18.1. The zero-order chi connectivity index (χ0) is 17.5. The summed E-state index contributed by atoms with van der Waals surface area (Å²) in [5, 5.41) is 0. The summed E-state index contributed by atoms with van der Waals surface area (Å²) in [7, 11) is 0. The van der Waals surface area contributed by atoms with E-state index in [1.165, 1.54) is 11.8 Å². The van der Waals surface area contributed by atoms with E-state index < -0.39 is 24.0 Å². The number of rotatable bonds is 6. The first-order valence-corrected chi connectivity index (χ1v) is 8.19. The zero-order valence-corrected chi connectivity index (χ0v) is 14.1. The molecule has 0 radical (unpaired) electrons. The first-order chi connectivity index (χ1) is 11.5. The highest BCUT2D eigenvalue weighted by molar-refractivity contribution is 5.99. The highest BCUT2D eigenvalue weighted by atomic mass is 16.6. The predicted molar refractivity (Wildman–Crippen MR) is 87.2 cm³/mol. The Bertz CT molecular complexity index is 586. The van der Waals surface area contributed by atoms with Crippen LogP contribution in [0.2, 0.25) is 0 Å². The van der Waals surface area contributed by atoms with Crippen molar-refractivity contribution in [3.63, 3.8) is 0 Å². The lowest BCUT2D eigenvalue weighted by molar-refractivity contribution is -0.155. The number of carbonyl (C=O) groups is 3. The van der Waals surface area contributed by atoms with Crippen molar-refractivity contribution in [2.75, 3.05) is 13.2 Å². The van der Waals surface area contributed by atoms with Crippen LogP contribution in [0, 0.1) is 5.92 Å². The Hall–Kier alpha value is -2.37. The minimum absolute atomic E-state index is 0.107. The van der Waals surface area contributed by atoms with Crippen LogP contribution in [0.25, 0.3) is 0 Å². The van der Waals surface area contributed by atoms with E-state index >= 15 is 0 Å². The summed E-state index contributed by atoms with van der Waals surface area (Å²) >= 11 is 0. The van der Waals surface area contributed by atoms with Crippen molar-refractivity contribution in [2.45, 2.75) is 39.3 Å². The number of Topliss-reactive ketones (excluding diaryl/α,β-unsaturated/α-hetero) is 1. The molecule has 1 amide bonds. The average Bonchev–Trinajstić information content (AvgIpc) is 3.03. The van der Waals surface area contributed by atoms with Crippen LogP contribution in [0.4, 0.5) is 4.79 Å². The van der Waals surface area contributed by atoms with Crippen molar-refractivity contribution >= 4 is 17.8 Å². The fourth-order valence-electron chi connectivity index (χ4n) is 2.98. The van der Waals surface area contributed by atoms with E-state index in [4.69, 9.17) is 9.47 Å². The summed E-state index contributed by atoms with van der Waals surface area (Å²) < 4.78 is 10.3. The molecule has 2 atom stereocenters. The zero-order valence-electron chi connectivity index (χ0n) is 14.1. The fourth-order valence-corrected chi connectivity index (χ4v) is 2.98. The molecule has 0 aromatic heterocycles. The molecule has 1 saturated heterocycles. The summed E-state index contributed by atoms with van der Waals surface area (Å²) in [6.45, 7) is 3.93. The smallest absolute Gasteiger partial charge is 0.410 e. The minimum Gasteiger partial charge on any atom is -0.460 e. The number of hydrogen-bond acceptors (Lipinski definition) is 5. The third-order valence-electron chi connectivity index (χ3n) is 4.10. The van der Waals surface area contributed by atoms with E-state index in [0.717, 1.165) is 12.0 Å². The Morgan fingerprint density at radius 3 is 2.54 bits per heavy atom. The van der Waals surface area contributed by atoms with Crippen LogP contribution in [0.1, 0.15) is 32.3 Å². The fraction of sp³-hybridized carbons (Fsp3) is 0.500. The van der Waals surface area contributed by atoms with Crippen LogP contribution in [0.5, 0.6) is 0 Å². The van der Waals surface area contributed by atoms with Gasteiger partial charge in [-0.2, -0.15) is 0 Å². The molecule has 1 aromatic carbocycles. The van der Waals surface area contributed by atoms with Gasteiger partial charge in [-0.3, -0.25) is 9.59 Å². The molecular weight excluding hydrogens is 310 g/mol. The molecule has 24 heavy (non-hydrogen) atoms. The van der Waals surface area contributed by atoms with E-state index in [2.05, 4.69) is 0 Å². The van der Waals surface area contributed by atoms with Gasteiger partial charge in [0.15, 0.2) is 0 Å². The van der Waals surface area contributed by atoms with Gasteiger partial charge in [-0.1, -0.05) is 30.3 Å². The number of ketones is 1. The lowest BCUT2D eigenvalue weighted by Crippen LogP contribution is -2.46. The van der Waals surface area contributed by atoms with Gasteiger partial charge in [-0.15, -0.1) is 0 Å². The molecule has 130 valence electrons. The van der Waals surface area contributed by atoms with Crippen molar-refractivity contribution in [1.82, 2.24) is 4.90 Å². The van der Waals surface area contributed by atoms with Crippen molar-refractivity contribution in [2.24, 2.45) is 5.92 Å². The van der Waals surface area contributed by atoms with E-state index in [9.17, 15) is 14.4 Å². The molecule has 2 unspecified atom stereocenters. The van der Waals surface area contributed by atoms with Crippen LogP contribution in [0.15, 0.2) is 30.3 Å². The quantitative estimate of drug-likeness (QED) is 0.591. The van der Waals surface area contributed by atoms with Gasteiger partial charge in [0.25, 0.3) is 0 Å². The van der Waals surface area contributed by atoms with E-state index in [1.807, 2.05) is 30.3 Å². The highest BCUT2D eigenvalue weighted by Gasteiger charge is 2.42. The Balaban J connectivity index is 2.06. The number of likely N-dealkylation sites (tertiary alicyclic amines) is 1. The minimum atomic E-state index is -0.972. The molecule has 6 heteroatoms. The Labute approximate surface area is 141 Å². The van der Waals surface area contributed by atoms with Gasteiger partial charge in [-0.05, 0) is 32.3 Å². The van der Waals surface area contributed by atoms with Crippen LogP contribution in [-0.4, -0.2) is 41.9 Å². The average molecular weight is 333 g/mol. The van der Waals surface area contributed by atoms with Gasteiger partial charge in [0, 0.05) is 6.54 Å². The van der Waals surface area contributed by atoms with Crippen molar-refractivity contribution < 1.29 is 23.9 Å². The number of benzene rings is 1. The molecule has 1 aromatic rings. The Kier molecular flexibility index (Phi) is 6.35. The Morgan fingerprint density at radius 2 is 1.92 bits per heavy atom. The van der Waals surface area contributed by atoms with Gasteiger partial charge < -0.3 is 14.4 Å². The van der Waals surface area contributed by atoms with E-state index in [1.54, 1.807) is 6.92 Å². The van der Waals surface area contributed by atoms with Crippen molar-refractivity contribution in [3.05, 3.63) is 35.9 Å². The molecule has 1 aliphatic rings. The molecule has 1 heterocycles. The lowest BCUT2D eigenvalue weighted by atomic mass is 9.94. The molecule has 0 spiro atoms. The first-order valence-electron chi connectivity index (χ1n) is 8.19. The second kappa shape index (κ2) is 8.47. The van der Waals surface area contributed by atoms with Crippen LogP contribution < -0.4 is 0 Å². The third-order valence-corrected chi connectivity index (χ3v) is 4.10. The standard InChI is InChI=1S/C18H23NO5/c1-3-23-18(22)19-11-7-10-15(19)16(13(2)20)17(21)24-12-14-8-5-4-6-9-14/h4-6,8-9,15-16H,3,7,10-12H2,1-2H3. The summed E-state index contributed by atoms with van der Waals surface area (Å²) in [5.41, 5.74) is 0.849. The van der Waals surface area contributed by atoms with Crippen LogP contribution in [-0.2, 0) is 25.7 Å². The summed E-state index contributed by atoms with van der Waals surface area (Å²) in [6.07, 6.45) is 0.838. The van der Waals surface area contributed by atoms with Gasteiger partial charge in [0.1, 0.15) is 18.3 Å². The molecule has 0 N–H and O–H groups in total. The molecule has 0 aliphatic carbocycles. The topological polar surface area (TPSA) is 72.9 Å². The molecule has 0 bridgehead atoms. The highest BCUT2D eigenvalue weighted by Crippen LogP contribution is 2.27. The van der Waals surface area contributed by atoms with Gasteiger partial charge >= 0.3 is 12.1 Å². The largest absolute Gasteiger partial charge is 0.460 e. The van der Waals surface area contributed by atoms with Crippen LogP contribution in [0.3, 0.4) is 0 Å². The van der Waals surface area contributed by atoms with Crippen molar-refractivity contribution in [1.29, 1.82) is 0 Å². The SMILES string of the molecule is CCOC(=O)N1CCCC1C(C(C)=O)C(=O)OCc1ccccc1. The summed E-state index contributed by atoms with van der Waals surface area (Å²) in [4.78, 5) is 38.0. The molecule has 2 rings (SSSR count). The Morgan fingerprint density at radius 1 is 1.21 bits per heavy atom. The third kappa shape index (κ3) is 4.34. The number of amides is 1. The maximum atomic E-state index is 12.4. The summed E-state index contributed by atoms with van der Waals surface area (Å²) in [6, 6.07) is 8.77. The van der Waals surface area contributed by atoms with Gasteiger partial charge in [-0.25, -0.2) is 4.79 Å². The number of ether oxygens (including phenoxy) is 2. The monoisotopic (exact) mass is 333 g/mol. The maximum Gasteiger partial charge on any atom is 0.410 e. The predicted octanol–water partition coefficient (Wildman–Crippen LogP) is 2.56. The van der Waals surface area contributed by atoms with Gasteiger partial charge in [0.05, 0.1) is 12.6 Å². The summed E-state index contributed by atoms with van der Waals surface area (Å²) in [5.74, 6) is -1.86. The van der Waals surface area contributed by atoms with Gasteiger partial charge in [0.2, 0.25) is 0 Å². The number of hydrogen-bond donors (Lipinski definition) is 0. The van der Waals surface area contributed by atoms with Crippen LogP contribution >= 0.6 is 0 Å². The van der Waals surface area contributed by atoms with E-state index in [-0.39, 0.29) is 19.0 Å². The molecule has 1 fully saturated rings.